The van der Waals surface area contributed by atoms with Crippen molar-refractivity contribution < 1.29 is 0 Å². The molecule has 0 unspecified atom stereocenters. The maximum Gasteiger partial charge on any atom is 0.0780 e. The second-order valence-corrected chi connectivity index (χ2v) is 17.7. The van der Waals surface area contributed by atoms with Gasteiger partial charge < -0.3 is 4.90 Å². The fraction of sp³-hybridized carbons (Fsp3) is 0.600. The predicted molar refractivity (Wildman–Crippen MR) is 89.8 cm³/mol. The molecule has 102 valence electrons. The van der Waals surface area contributed by atoms with Gasteiger partial charge in [-0.15, -0.1) is 0 Å². The van der Waals surface area contributed by atoms with Gasteiger partial charge in [0.2, 0.25) is 0 Å². The lowest BCUT2D eigenvalue weighted by Crippen LogP contribution is -2.45. The van der Waals surface area contributed by atoms with Crippen LogP contribution in [0.1, 0.15) is 5.56 Å². The Morgan fingerprint density at radius 3 is 1.83 bits per heavy atom. The Kier molecular flexibility index (Phi) is 4.62. The summed E-state index contributed by atoms with van der Waals surface area (Å²) in [6.45, 7) is 15.7. The summed E-state index contributed by atoms with van der Waals surface area (Å²) >= 11 is 0. The van der Waals surface area contributed by atoms with E-state index in [9.17, 15) is 0 Å². The quantitative estimate of drug-likeness (QED) is 0.766. The van der Waals surface area contributed by atoms with Crippen molar-refractivity contribution in [2.75, 3.05) is 14.1 Å². The summed E-state index contributed by atoms with van der Waals surface area (Å²) in [5.74, 6) is 0. The molecule has 0 aliphatic rings. The Morgan fingerprint density at radius 1 is 0.889 bits per heavy atom. The minimum Gasteiger partial charge on any atom is -0.305 e. The van der Waals surface area contributed by atoms with E-state index < -0.39 is 16.1 Å². The van der Waals surface area contributed by atoms with Crippen LogP contribution in [0.3, 0.4) is 0 Å². The van der Waals surface area contributed by atoms with Crippen LogP contribution in [0.15, 0.2) is 18.2 Å². The first-order valence-electron chi connectivity index (χ1n) is 6.80. The first-order valence-corrected chi connectivity index (χ1v) is 13.8. The molecule has 0 aromatic heterocycles. The lowest BCUT2D eigenvalue weighted by atomic mass is 10.2. The minimum atomic E-state index is -1.24. The van der Waals surface area contributed by atoms with E-state index in [-0.39, 0.29) is 0 Å². The Hall–Kier alpha value is -0.386. The van der Waals surface area contributed by atoms with Crippen molar-refractivity contribution in [2.24, 2.45) is 0 Å². The van der Waals surface area contributed by atoms with E-state index in [0.717, 1.165) is 6.54 Å². The highest BCUT2D eigenvalue weighted by Gasteiger charge is 2.23. The Balaban J connectivity index is 3.30. The van der Waals surface area contributed by atoms with Gasteiger partial charge in [0.1, 0.15) is 0 Å². The molecule has 0 amide bonds. The number of rotatable bonds is 4. The number of hydrogen-bond acceptors (Lipinski definition) is 1. The van der Waals surface area contributed by atoms with Gasteiger partial charge >= 0.3 is 0 Å². The second kappa shape index (κ2) is 5.31. The monoisotopic (exact) mass is 279 g/mol. The standard InChI is InChI=1S/C15H29NSi2/c1-16(2)12-13-11-14(17(3,4)5)9-10-15(13)18(6,7)8/h9-11H,12H2,1-8H3. The van der Waals surface area contributed by atoms with Crippen LogP contribution in [0.2, 0.25) is 39.3 Å². The molecular weight excluding hydrogens is 250 g/mol. The minimum absolute atomic E-state index is 1.07. The van der Waals surface area contributed by atoms with Gasteiger partial charge in [-0.2, -0.15) is 0 Å². The molecule has 0 fully saturated rings. The zero-order valence-electron chi connectivity index (χ0n) is 13.4. The van der Waals surface area contributed by atoms with Crippen molar-refractivity contribution in [1.29, 1.82) is 0 Å². The van der Waals surface area contributed by atoms with Gasteiger partial charge in [-0.25, -0.2) is 0 Å². The molecule has 0 atom stereocenters. The fourth-order valence-corrected chi connectivity index (χ4v) is 5.15. The Bertz CT molecular complexity index is 411. The first-order chi connectivity index (χ1) is 8.01. The molecular formula is C15H29NSi2. The molecule has 1 aromatic carbocycles. The first kappa shape index (κ1) is 15.7. The highest BCUT2D eigenvalue weighted by molar-refractivity contribution is 6.90. The van der Waals surface area contributed by atoms with Crippen LogP contribution in [0.25, 0.3) is 0 Å². The van der Waals surface area contributed by atoms with Gasteiger partial charge in [-0.05, 0) is 19.7 Å². The fourth-order valence-electron chi connectivity index (χ4n) is 2.26. The number of hydrogen-bond donors (Lipinski definition) is 0. The van der Waals surface area contributed by atoms with Gasteiger partial charge in [-0.3, -0.25) is 0 Å². The van der Waals surface area contributed by atoms with E-state index >= 15 is 0 Å². The van der Waals surface area contributed by atoms with Crippen molar-refractivity contribution in [1.82, 2.24) is 4.90 Å². The van der Waals surface area contributed by atoms with E-state index in [1.54, 1.807) is 15.9 Å². The molecule has 3 heteroatoms. The average Bonchev–Trinajstić information content (AvgIpc) is 2.13. The second-order valence-electron chi connectivity index (χ2n) is 7.61. The Morgan fingerprint density at radius 2 is 1.44 bits per heavy atom. The summed E-state index contributed by atoms with van der Waals surface area (Å²) in [5.41, 5.74) is 1.55. The summed E-state index contributed by atoms with van der Waals surface area (Å²) in [7, 11) is 1.88. The van der Waals surface area contributed by atoms with Crippen LogP contribution in [0.4, 0.5) is 0 Å². The molecule has 1 aromatic rings. The van der Waals surface area contributed by atoms with Gasteiger partial charge in [-0.1, -0.05) is 67.9 Å². The van der Waals surface area contributed by atoms with Crippen LogP contribution < -0.4 is 10.4 Å². The van der Waals surface area contributed by atoms with E-state index in [4.69, 9.17) is 0 Å². The van der Waals surface area contributed by atoms with Crippen molar-refractivity contribution >= 4 is 26.5 Å². The lowest BCUT2D eigenvalue weighted by molar-refractivity contribution is 0.403. The van der Waals surface area contributed by atoms with Crippen molar-refractivity contribution in [3.63, 3.8) is 0 Å². The van der Waals surface area contributed by atoms with Crippen LogP contribution in [-0.4, -0.2) is 35.1 Å². The highest BCUT2D eigenvalue weighted by atomic mass is 28.3. The predicted octanol–water partition coefficient (Wildman–Crippen LogP) is 2.84. The topological polar surface area (TPSA) is 3.24 Å². The summed E-state index contributed by atoms with van der Waals surface area (Å²) in [6, 6.07) is 7.29. The summed E-state index contributed by atoms with van der Waals surface area (Å²) in [5, 5.41) is 3.21. The molecule has 0 spiro atoms. The molecule has 0 saturated heterocycles. The maximum absolute atomic E-state index is 2.49. The zero-order valence-corrected chi connectivity index (χ0v) is 15.4. The highest BCUT2D eigenvalue weighted by Crippen LogP contribution is 2.11. The third-order valence-corrected chi connectivity index (χ3v) is 7.41. The molecule has 0 saturated carbocycles. The lowest BCUT2D eigenvalue weighted by Gasteiger charge is -2.26. The van der Waals surface area contributed by atoms with Crippen LogP contribution >= 0.6 is 0 Å². The molecule has 0 aliphatic carbocycles. The normalized spacial score (nSPS) is 13.2. The molecule has 1 rings (SSSR count). The van der Waals surface area contributed by atoms with Crippen molar-refractivity contribution in [3.8, 4) is 0 Å². The zero-order chi connectivity index (χ0) is 14.1. The molecule has 0 heterocycles. The summed E-state index contributed by atoms with van der Waals surface area (Å²) in [4.78, 5) is 2.28. The molecule has 0 bridgehead atoms. The number of nitrogens with zero attached hydrogens (tertiary/aromatic N) is 1. The SMILES string of the molecule is CN(C)Cc1cc([Si](C)(C)C)ccc1[Si](C)(C)C. The summed E-state index contributed by atoms with van der Waals surface area (Å²) in [6.07, 6.45) is 0. The van der Waals surface area contributed by atoms with Crippen molar-refractivity contribution in [3.05, 3.63) is 23.8 Å². The van der Waals surface area contributed by atoms with Gasteiger partial charge in [0, 0.05) is 6.54 Å². The maximum atomic E-state index is 2.49. The van der Waals surface area contributed by atoms with Gasteiger partial charge in [0.05, 0.1) is 16.1 Å². The third kappa shape index (κ3) is 4.07. The smallest absolute Gasteiger partial charge is 0.0780 e. The molecule has 1 nitrogen and oxygen atoms in total. The van der Waals surface area contributed by atoms with E-state index in [1.807, 2.05) is 0 Å². The molecule has 0 aliphatic heterocycles. The number of benzene rings is 1. The van der Waals surface area contributed by atoms with Gasteiger partial charge in [0.15, 0.2) is 0 Å². The van der Waals surface area contributed by atoms with E-state index in [0.29, 0.717) is 0 Å². The third-order valence-electron chi connectivity index (χ3n) is 3.27. The van der Waals surface area contributed by atoms with Crippen LogP contribution in [0, 0.1) is 0 Å². The molecule has 0 radical (unpaired) electrons. The van der Waals surface area contributed by atoms with Crippen LogP contribution in [0.5, 0.6) is 0 Å². The van der Waals surface area contributed by atoms with E-state index in [2.05, 4.69) is 76.5 Å². The molecule has 0 N–H and O–H groups in total. The van der Waals surface area contributed by atoms with Crippen LogP contribution in [-0.2, 0) is 6.54 Å². The summed E-state index contributed by atoms with van der Waals surface area (Å²) < 4.78 is 0. The average molecular weight is 280 g/mol. The molecule has 18 heavy (non-hydrogen) atoms. The Labute approximate surface area is 115 Å². The van der Waals surface area contributed by atoms with Gasteiger partial charge in [0.25, 0.3) is 0 Å². The van der Waals surface area contributed by atoms with Crippen molar-refractivity contribution in [2.45, 2.75) is 45.8 Å². The largest absolute Gasteiger partial charge is 0.305 e. The van der Waals surface area contributed by atoms with E-state index in [1.165, 1.54) is 0 Å².